The van der Waals surface area contributed by atoms with E-state index >= 15 is 0 Å². The zero-order valence-corrected chi connectivity index (χ0v) is 11.6. The molecule has 106 valence electrons. The first-order valence-electron chi connectivity index (χ1n) is 7.09. The third kappa shape index (κ3) is 3.91. The maximum absolute atomic E-state index is 13.7. The molecule has 0 saturated carbocycles. The van der Waals surface area contributed by atoms with Crippen LogP contribution in [0.15, 0.2) is 18.2 Å². The van der Waals surface area contributed by atoms with E-state index in [0.717, 1.165) is 43.8 Å². The number of benzene rings is 1. The minimum atomic E-state index is -0.188. The second-order valence-corrected chi connectivity index (χ2v) is 5.03. The maximum Gasteiger partial charge on any atom is 0.125 e. The molecule has 1 fully saturated rings. The molecule has 1 aromatic rings. The maximum atomic E-state index is 13.7. The van der Waals surface area contributed by atoms with E-state index in [2.05, 4.69) is 11.8 Å². The average Bonchev–Trinajstić information content (AvgIpc) is 2.88. The fourth-order valence-corrected chi connectivity index (χ4v) is 2.58. The summed E-state index contributed by atoms with van der Waals surface area (Å²) in [5.41, 5.74) is 7.44. The normalized spacial score (nSPS) is 18.8. The van der Waals surface area contributed by atoms with Gasteiger partial charge in [-0.1, -0.05) is 0 Å². The fraction of sp³-hybridized carbons (Fsp3) is 0.600. The number of nitrogens with zero attached hydrogens (tertiary/aromatic N) is 1. The summed E-state index contributed by atoms with van der Waals surface area (Å²) in [5.74, 6) is -0.188. The Balaban J connectivity index is 2.11. The van der Waals surface area contributed by atoms with Crippen molar-refractivity contribution in [2.24, 2.45) is 5.73 Å². The number of nitrogens with two attached hydrogens (primary N) is 1. The molecule has 2 rings (SSSR count). The van der Waals surface area contributed by atoms with Crippen LogP contribution in [-0.4, -0.2) is 32.3 Å². The number of hydrogen-bond donors (Lipinski definition) is 1. The van der Waals surface area contributed by atoms with Gasteiger partial charge in [-0.05, 0) is 56.5 Å². The lowest BCUT2D eigenvalue weighted by molar-refractivity contribution is 0.115. The first-order chi connectivity index (χ1) is 9.22. The van der Waals surface area contributed by atoms with Crippen molar-refractivity contribution in [2.75, 3.05) is 31.1 Å². The lowest BCUT2D eigenvalue weighted by Gasteiger charge is -2.26. The van der Waals surface area contributed by atoms with Crippen LogP contribution in [0.4, 0.5) is 10.1 Å². The number of halogens is 1. The second kappa shape index (κ2) is 6.87. The molecule has 0 aromatic heterocycles. The summed E-state index contributed by atoms with van der Waals surface area (Å²) in [6.45, 7) is 5.17. The molecule has 4 heteroatoms. The topological polar surface area (TPSA) is 38.5 Å². The molecule has 0 aliphatic carbocycles. The lowest BCUT2D eigenvalue weighted by atomic mass is 10.1. The molecule has 2 N–H and O–H groups in total. The highest BCUT2D eigenvalue weighted by Gasteiger charge is 2.19. The highest BCUT2D eigenvalue weighted by atomic mass is 19.1. The van der Waals surface area contributed by atoms with Gasteiger partial charge in [-0.2, -0.15) is 0 Å². The van der Waals surface area contributed by atoms with Crippen LogP contribution in [0.3, 0.4) is 0 Å². The average molecular weight is 266 g/mol. The number of ether oxygens (including phenoxy) is 1. The van der Waals surface area contributed by atoms with Crippen LogP contribution in [0.5, 0.6) is 0 Å². The molecule has 1 heterocycles. The van der Waals surface area contributed by atoms with Gasteiger partial charge >= 0.3 is 0 Å². The van der Waals surface area contributed by atoms with Crippen LogP contribution in [-0.2, 0) is 11.2 Å². The Morgan fingerprint density at radius 3 is 2.89 bits per heavy atom. The molecule has 1 unspecified atom stereocenters. The van der Waals surface area contributed by atoms with Crippen molar-refractivity contribution in [3.63, 3.8) is 0 Å². The van der Waals surface area contributed by atoms with Crippen LogP contribution >= 0.6 is 0 Å². The largest absolute Gasteiger partial charge is 0.376 e. The molecule has 0 bridgehead atoms. The van der Waals surface area contributed by atoms with Gasteiger partial charge in [-0.15, -0.1) is 0 Å². The zero-order chi connectivity index (χ0) is 13.7. The van der Waals surface area contributed by atoms with Crippen LogP contribution in [0.25, 0.3) is 0 Å². The highest BCUT2D eigenvalue weighted by Crippen LogP contribution is 2.22. The monoisotopic (exact) mass is 266 g/mol. The molecule has 1 aromatic carbocycles. The molecular weight excluding hydrogens is 243 g/mol. The van der Waals surface area contributed by atoms with Crippen LogP contribution in [0.2, 0.25) is 0 Å². The Labute approximate surface area is 114 Å². The quantitative estimate of drug-likeness (QED) is 0.859. The number of anilines is 1. The SMILES string of the molecule is CCN(CC1CCCO1)c1cc(F)cc(CCN)c1. The predicted molar refractivity (Wildman–Crippen MR) is 76.0 cm³/mol. The zero-order valence-electron chi connectivity index (χ0n) is 11.6. The summed E-state index contributed by atoms with van der Waals surface area (Å²) in [4.78, 5) is 2.18. The third-order valence-corrected chi connectivity index (χ3v) is 3.57. The van der Waals surface area contributed by atoms with Gasteiger partial charge in [0.2, 0.25) is 0 Å². The lowest BCUT2D eigenvalue weighted by Crippen LogP contribution is -2.32. The molecule has 0 radical (unpaired) electrons. The van der Waals surface area contributed by atoms with Gasteiger partial charge in [0.1, 0.15) is 5.82 Å². The number of rotatable bonds is 6. The number of hydrogen-bond acceptors (Lipinski definition) is 3. The second-order valence-electron chi connectivity index (χ2n) is 5.03. The van der Waals surface area contributed by atoms with Gasteiger partial charge in [0.05, 0.1) is 6.10 Å². The van der Waals surface area contributed by atoms with Crippen molar-refractivity contribution >= 4 is 5.69 Å². The molecule has 1 saturated heterocycles. The summed E-state index contributed by atoms with van der Waals surface area (Å²) in [5, 5.41) is 0. The summed E-state index contributed by atoms with van der Waals surface area (Å²) in [6.07, 6.45) is 3.22. The smallest absolute Gasteiger partial charge is 0.125 e. The van der Waals surface area contributed by atoms with E-state index in [0.29, 0.717) is 13.0 Å². The minimum absolute atomic E-state index is 0.188. The Morgan fingerprint density at radius 2 is 2.26 bits per heavy atom. The summed E-state index contributed by atoms with van der Waals surface area (Å²) >= 11 is 0. The molecule has 1 aliphatic rings. The van der Waals surface area contributed by atoms with E-state index in [-0.39, 0.29) is 11.9 Å². The molecule has 1 atom stereocenters. The van der Waals surface area contributed by atoms with Gasteiger partial charge in [0.15, 0.2) is 0 Å². The van der Waals surface area contributed by atoms with Gasteiger partial charge in [-0.3, -0.25) is 0 Å². The van der Waals surface area contributed by atoms with E-state index in [1.807, 2.05) is 6.07 Å². The van der Waals surface area contributed by atoms with Crippen LogP contribution in [0, 0.1) is 5.82 Å². The van der Waals surface area contributed by atoms with Gasteiger partial charge in [0.25, 0.3) is 0 Å². The van der Waals surface area contributed by atoms with Gasteiger partial charge in [0, 0.05) is 25.4 Å². The molecular formula is C15H23FN2O. The van der Waals surface area contributed by atoms with Crippen LogP contribution in [0.1, 0.15) is 25.3 Å². The van der Waals surface area contributed by atoms with Gasteiger partial charge in [-0.25, -0.2) is 4.39 Å². The van der Waals surface area contributed by atoms with E-state index in [1.165, 1.54) is 0 Å². The summed E-state index contributed by atoms with van der Waals surface area (Å²) in [6, 6.07) is 5.20. The van der Waals surface area contributed by atoms with Gasteiger partial charge < -0.3 is 15.4 Å². The van der Waals surface area contributed by atoms with Crippen molar-refractivity contribution in [3.05, 3.63) is 29.6 Å². The fourth-order valence-electron chi connectivity index (χ4n) is 2.58. The van der Waals surface area contributed by atoms with Crippen molar-refractivity contribution in [1.29, 1.82) is 0 Å². The van der Waals surface area contributed by atoms with Crippen molar-refractivity contribution in [3.8, 4) is 0 Å². The van der Waals surface area contributed by atoms with E-state index in [1.54, 1.807) is 12.1 Å². The van der Waals surface area contributed by atoms with E-state index in [4.69, 9.17) is 10.5 Å². The van der Waals surface area contributed by atoms with Crippen LogP contribution < -0.4 is 10.6 Å². The van der Waals surface area contributed by atoms with E-state index < -0.39 is 0 Å². The Kier molecular flexibility index (Phi) is 5.16. The highest BCUT2D eigenvalue weighted by molar-refractivity contribution is 5.49. The van der Waals surface area contributed by atoms with Crippen molar-refractivity contribution in [2.45, 2.75) is 32.3 Å². The third-order valence-electron chi connectivity index (χ3n) is 3.57. The molecule has 0 amide bonds. The Bertz CT molecular complexity index is 405. The minimum Gasteiger partial charge on any atom is -0.376 e. The van der Waals surface area contributed by atoms with Crippen molar-refractivity contribution < 1.29 is 9.13 Å². The first kappa shape index (κ1) is 14.3. The predicted octanol–water partition coefficient (Wildman–Crippen LogP) is 2.33. The van der Waals surface area contributed by atoms with E-state index in [9.17, 15) is 4.39 Å². The molecule has 0 spiro atoms. The summed E-state index contributed by atoms with van der Waals surface area (Å²) < 4.78 is 19.3. The standard InChI is InChI=1S/C15H23FN2O/c1-2-18(11-15-4-3-7-19-15)14-9-12(5-6-17)8-13(16)10-14/h8-10,15H,2-7,11,17H2,1H3. The molecule has 3 nitrogen and oxygen atoms in total. The molecule has 1 aliphatic heterocycles. The Hall–Kier alpha value is -1.13. The summed E-state index contributed by atoms with van der Waals surface area (Å²) in [7, 11) is 0. The molecule has 19 heavy (non-hydrogen) atoms. The Morgan fingerprint density at radius 1 is 1.42 bits per heavy atom. The van der Waals surface area contributed by atoms with Crippen molar-refractivity contribution in [1.82, 2.24) is 0 Å². The first-order valence-corrected chi connectivity index (χ1v) is 7.09. The number of likely N-dealkylation sites (N-methyl/N-ethyl adjacent to an activating group) is 1.